The molecule has 4 aromatic rings. The van der Waals surface area contributed by atoms with Crippen molar-refractivity contribution in [3.05, 3.63) is 95.8 Å². The molecule has 1 heterocycles. The highest BCUT2D eigenvalue weighted by Gasteiger charge is 2.06. The number of carbonyl (C=O) groups excluding carboxylic acids is 1. The summed E-state index contributed by atoms with van der Waals surface area (Å²) in [5.41, 5.74) is 7.80. The van der Waals surface area contributed by atoms with Gasteiger partial charge in [-0.3, -0.25) is 10.0 Å². The van der Waals surface area contributed by atoms with Crippen LogP contribution in [0.5, 0.6) is 0 Å². The SMILES string of the molecule is O=C(C=Cc1cccc(Cc2nc3ccc(-c4ccccc4)cc3[nH]2)c1)NO. The Balaban J connectivity index is 1.57. The number of nitrogens with zero attached hydrogens (tertiary/aromatic N) is 1. The lowest BCUT2D eigenvalue weighted by Gasteiger charge is -2.01. The van der Waals surface area contributed by atoms with E-state index in [9.17, 15) is 4.79 Å². The number of hydrogen-bond acceptors (Lipinski definition) is 3. The van der Waals surface area contributed by atoms with Gasteiger partial charge in [0.2, 0.25) is 0 Å². The Bertz CT molecular complexity index is 1150. The van der Waals surface area contributed by atoms with E-state index in [1.54, 1.807) is 11.6 Å². The smallest absolute Gasteiger partial charge is 0.267 e. The van der Waals surface area contributed by atoms with Crippen molar-refractivity contribution < 1.29 is 10.0 Å². The zero-order chi connectivity index (χ0) is 19.3. The van der Waals surface area contributed by atoms with Crippen molar-refractivity contribution in [1.29, 1.82) is 0 Å². The highest BCUT2D eigenvalue weighted by molar-refractivity contribution is 5.90. The topological polar surface area (TPSA) is 78.0 Å². The fourth-order valence-electron chi connectivity index (χ4n) is 3.17. The standard InChI is InChI=1S/C23H19N3O2/c27-23(26-28)12-9-16-5-4-6-17(13-16)14-22-24-20-11-10-19(15-21(20)25-22)18-7-2-1-3-8-18/h1-13,15,28H,14H2,(H,24,25)(H,26,27). The molecule has 5 heteroatoms. The summed E-state index contributed by atoms with van der Waals surface area (Å²) in [6.45, 7) is 0. The predicted octanol–water partition coefficient (Wildman–Crippen LogP) is 4.34. The number of benzene rings is 3. The number of rotatable bonds is 5. The molecule has 0 atom stereocenters. The fourth-order valence-corrected chi connectivity index (χ4v) is 3.17. The highest BCUT2D eigenvalue weighted by Crippen LogP contribution is 2.23. The number of fused-ring (bicyclic) bond motifs is 1. The van der Waals surface area contributed by atoms with Crippen LogP contribution in [0.1, 0.15) is 17.0 Å². The van der Waals surface area contributed by atoms with Gasteiger partial charge in [0.05, 0.1) is 11.0 Å². The van der Waals surface area contributed by atoms with Gasteiger partial charge in [-0.2, -0.15) is 0 Å². The molecule has 0 aliphatic heterocycles. The molecular weight excluding hydrogens is 350 g/mol. The summed E-state index contributed by atoms with van der Waals surface area (Å²) >= 11 is 0. The van der Waals surface area contributed by atoms with Crippen molar-refractivity contribution >= 4 is 23.0 Å². The molecule has 3 N–H and O–H groups in total. The minimum absolute atomic E-state index is 0.558. The number of aromatic amines is 1. The zero-order valence-electron chi connectivity index (χ0n) is 15.1. The van der Waals surface area contributed by atoms with Crippen molar-refractivity contribution in [2.45, 2.75) is 6.42 Å². The molecule has 5 nitrogen and oxygen atoms in total. The molecule has 0 unspecified atom stereocenters. The van der Waals surface area contributed by atoms with E-state index in [1.165, 1.54) is 11.6 Å². The molecule has 0 saturated heterocycles. The molecule has 1 aromatic heterocycles. The molecule has 28 heavy (non-hydrogen) atoms. The monoisotopic (exact) mass is 369 g/mol. The van der Waals surface area contributed by atoms with Crippen molar-refractivity contribution in [1.82, 2.24) is 15.4 Å². The third-order valence-corrected chi connectivity index (χ3v) is 4.50. The first-order valence-corrected chi connectivity index (χ1v) is 8.96. The Morgan fingerprint density at radius 1 is 1.00 bits per heavy atom. The van der Waals surface area contributed by atoms with Gasteiger partial charge in [-0.1, -0.05) is 60.7 Å². The first-order valence-electron chi connectivity index (χ1n) is 8.96. The van der Waals surface area contributed by atoms with Crippen molar-refractivity contribution in [2.24, 2.45) is 0 Å². The molecule has 138 valence electrons. The second-order valence-corrected chi connectivity index (χ2v) is 6.51. The molecule has 0 radical (unpaired) electrons. The molecular formula is C23H19N3O2. The maximum absolute atomic E-state index is 11.1. The van der Waals surface area contributed by atoms with Gasteiger partial charge in [0.15, 0.2) is 0 Å². The van der Waals surface area contributed by atoms with E-state index < -0.39 is 5.91 Å². The molecule has 1 amide bonds. The number of aromatic nitrogens is 2. The lowest BCUT2D eigenvalue weighted by molar-refractivity contribution is -0.124. The number of nitrogens with one attached hydrogen (secondary N) is 2. The summed E-state index contributed by atoms with van der Waals surface area (Å²) in [4.78, 5) is 19.2. The molecule has 0 fully saturated rings. The summed E-state index contributed by atoms with van der Waals surface area (Å²) < 4.78 is 0. The number of H-pyrrole nitrogens is 1. The summed E-state index contributed by atoms with van der Waals surface area (Å²) in [6, 6.07) is 24.3. The van der Waals surface area contributed by atoms with Gasteiger partial charge < -0.3 is 4.98 Å². The van der Waals surface area contributed by atoms with Crippen LogP contribution in [-0.2, 0) is 11.2 Å². The molecule has 0 saturated carbocycles. The first kappa shape index (κ1) is 17.7. The molecule has 0 spiro atoms. The van der Waals surface area contributed by atoms with E-state index >= 15 is 0 Å². The maximum Gasteiger partial charge on any atom is 0.267 e. The molecule has 3 aromatic carbocycles. The Morgan fingerprint density at radius 3 is 2.68 bits per heavy atom. The minimum Gasteiger partial charge on any atom is -0.342 e. The highest BCUT2D eigenvalue weighted by atomic mass is 16.5. The van der Waals surface area contributed by atoms with Crippen molar-refractivity contribution in [3.63, 3.8) is 0 Å². The minimum atomic E-state index is -0.558. The van der Waals surface area contributed by atoms with Crippen molar-refractivity contribution in [3.8, 4) is 11.1 Å². The van der Waals surface area contributed by atoms with Crippen LogP contribution in [0.15, 0.2) is 78.9 Å². The van der Waals surface area contributed by atoms with E-state index in [0.29, 0.717) is 6.42 Å². The fraction of sp³-hybridized carbons (Fsp3) is 0.0435. The van der Waals surface area contributed by atoms with Crippen LogP contribution in [0.25, 0.3) is 28.2 Å². The second-order valence-electron chi connectivity index (χ2n) is 6.51. The lowest BCUT2D eigenvalue weighted by atomic mass is 10.1. The molecule has 0 aliphatic carbocycles. The summed E-state index contributed by atoms with van der Waals surface area (Å²) in [5, 5.41) is 8.56. The average molecular weight is 369 g/mol. The number of hydrogen-bond donors (Lipinski definition) is 3. The number of carbonyl (C=O) groups is 1. The molecule has 0 bridgehead atoms. The van der Waals surface area contributed by atoms with Gasteiger partial charge in [0.1, 0.15) is 5.82 Å². The third-order valence-electron chi connectivity index (χ3n) is 4.50. The van der Waals surface area contributed by atoms with Gasteiger partial charge in [0.25, 0.3) is 5.91 Å². The number of imidazole rings is 1. The van der Waals surface area contributed by atoms with Crippen LogP contribution < -0.4 is 5.48 Å². The largest absolute Gasteiger partial charge is 0.342 e. The van der Waals surface area contributed by atoms with Crippen LogP contribution >= 0.6 is 0 Å². The van der Waals surface area contributed by atoms with E-state index in [-0.39, 0.29) is 0 Å². The number of amides is 1. The van der Waals surface area contributed by atoms with E-state index in [4.69, 9.17) is 5.21 Å². The Labute approximate surface area is 162 Å². The van der Waals surface area contributed by atoms with Crippen LogP contribution in [0, 0.1) is 0 Å². The summed E-state index contributed by atoms with van der Waals surface area (Å²) in [5.74, 6) is 0.325. The van der Waals surface area contributed by atoms with Gasteiger partial charge >= 0.3 is 0 Å². The lowest BCUT2D eigenvalue weighted by Crippen LogP contribution is -2.14. The van der Waals surface area contributed by atoms with E-state index in [1.807, 2.05) is 48.5 Å². The zero-order valence-corrected chi connectivity index (χ0v) is 15.1. The predicted molar refractivity (Wildman–Crippen MR) is 110 cm³/mol. The summed E-state index contributed by atoms with van der Waals surface area (Å²) in [6.07, 6.45) is 3.59. The number of hydroxylamine groups is 1. The Morgan fingerprint density at radius 2 is 1.86 bits per heavy atom. The average Bonchev–Trinajstić information content (AvgIpc) is 3.14. The van der Waals surface area contributed by atoms with Crippen molar-refractivity contribution in [2.75, 3.05) is 0 Å². The quantitative estimate of drug-likeness (QED) is 0.278. The normalized spacial score (nSPS) is 11.2. The van der Waals surface area contributed by atoms with Gasteiger partial charge in [-0.05, 0) is 40.5 Å². The summed E-state index contributed by atoms with van der Waals surface area (Å²) in [7, 11) is 0. The van der Waals surface area contributed by atoms with Gasteiger partial charge in [-0.15, -0.1) is 0 Å². The van der Waals surface area contributed by atoms with Crippen LogP contribution in [0.2, 0.25) is 0 Å². The van der Waals surface area contributed by atoms with Crippen LogP contribution in [-0.4, -0.2) is 21.1 Å². The Hall–Kier alpha value is -3.70. The van der Waals surface area contributed by atoms with Gasteiger partial charge in [0, 0.05) is 12.5 Å². The van der Waals surface area contributed by atoms with Crippen LogP contribution in [0.3, 0.4) is 0 Å². The maximum atomic E-state index is 11.1. The van der Waals surface area contributed by atoms with Gasteiger partial charge in [-0.25, -0.2) is 10.5 Å². The second kappa shape index (κ2) is 7.90. The molecule has 0 aliphatic rings. The Kier molecular flexibility index (Phi) is 4.99. The van der Waals surface area contributed by atoms with E-state index in [0.717, 1.165) is 33.5 Å². The third kappa shape index (κ3) is 4.00. The first-order chi connectivity index (χ1) is 13.7. The van der Waals surface area contributed by atoms with Crippen LogP contribution in [0.4, 0.5) is 0 Å². The van der Waals surface area contributed by atoms with E-state index in [2.05, 4.69) is 34.2 Å². The molecule has 4 rings (SSSR count).